The Labute approximate surface area is 127 Å². The average molecular weight is 302 g/mol. The van der Waals surface area contributed by atoms with Crippen molar-refractivity contribution in [3.8, 4) is 0 Å². The molecule has 0 spiro atoms. The Bertz CT molecular complexity index is 658. The number of para-hydroxylation sites is 1. The van der Waals surface area contributed by atoms with Gasteiger partial charge in [0.1, 0.15) is 0 Å². The van der Waals surface area contributed by atoms with Crippen LogP contribution in [0.3, 0.4) is 0 Å². The SMILES string of the molecule is Cc1ccccc1NNC(=S)Nc1ccc([N+](=O)[O-])cc1. The van der Waals surface area contributed by atoms with E-state index in [1.165, 1.54) is 12.1 Å². The number of hydrazine groups is 1. The zero-order chi connectivity index (χ0) is 15.2. The highest BCUT2D eigenvalue weighted by Crippen LogP contribution is 2.15. The van der Waals surface area contributed by atoms with Crippen LogP contribution in [0.2, 0.25) is 0 Å². The lowest BCUT2D eigenvalue weighted by Crippen LogP contribution is -2.33. The van der Waals surface area contributed by atoms with Crippen LogP contribution in [-0.4, -0.2) is 10.0 Å². The van der Waals surface area contributed by atoms with Crippen molar-refractivity contribution in [3.05, 3.63) is 64.2 Å². The van der Waals surface area contributed by atoms with Gasteiger partial charge in [-0.2, -0.15) is 0 Å². The normalized spacial score (nSPS) is 9.76. The maximum absolute atomic E-state index is 10.6. The molecular formula is C14H14N4O2S. The minimum atomic E-state index is -0.444. The maximum atomic E-state index is 10.6. The molecule has 0 saturated heterocycles. The molecule has 6 nitrogen and oxygen atoms in total. The van der Waals surface area contributed by atoms with Crippen LogP contribution in [-0.2, 0) is 0 Å². The summed E-state index contributed by atoms with van der Waals surface area (Å²) in [6.07, 6.45) is 0. The largest absolute Gasteiger partial charge is 0.331 e. The van der Waals surface area contributed by atoms with Crippen LogP contribution in [0, 0.1) is 17.0 Å². The Balaban J connectivity index is 1.90. The second kappa shape index (κ2) is 6.67. The third-order valence-electron chi connectivity index (χ3n) is 2.79. The Morgan fingerprint density at radius 2 is 1.81 bits per heavy atom. The zero-order valence-corrected chi connectivity index (χ0v) is 12.1. The van der Waals surface area contributed by atoms with E-state index >= 15 is 0 Å². The van der Waals surface area contributed by atoms with Gasteiger partial charge in [0.15, 0.2) is 5.11 Å². The molecule has 0 fully saturated rings. The van der Waals surface area contributed by atoms with Crippen LogP contribution in [0.1, 0.15) is 5.56 Å². The van der Waals surface area contributed by atoms with Crippen molar-refractivity contribution < 1.29 is 4.92 Å². The van der Waals surface area contributed by atoms with E-state index in [1.807, 2.05) is 31.2 Å². The molecule has 21 heavy (non-hydrogen) atoms. The molecule has 0 radical (unpaired) electrons. The number of aryl methyl sites for hydroxylation is 1. The van der Waals surface area contributed by atoms with Gasteiger partial charge in [0.25, 0.3) is 5.69 Å². The van der Waals surface area contributed by atoms with Crippen molar-refractivity contribution in [2.75, 3.05) is 10.7 Å². The minimum Gasteiger partial charge on any atom is -0.331 e. The van der Waals surface area contributed by atoms with E-state index in [-0.39, 0.29) is 5.69 Å². The molecule has 0 aliphatic rings. The monoisotopic (exact) mass is 302 g/mol. The summed E-state index contributed by atoms with van der Waals surface area (Å²) in [4.78, 5) is 10.1. The summed E-state index contributed by atoms with van der Waals surface area (Å²) in [6.45, 7) is 1.98. The quantitative estimate of drug-likeness (QED) is 0.457. The van der Waals surface area contributed by atoms with Gasteiger partial charge in [-0.25, -0.2) is 0 Å². The highest BCUT2D eigenvalue weighted by Gasteiger charge is 2.04. The van der Waals surface area contributed by atoms with Gasteiger partial charge in [0.05, 0.1) is 10.6 Å². The fourth-order valence-electron chi connectivity index (χ4n) is 1.67. The van der Waals surface area contributed by atoms with E-state index in [4.69, 9.17) is 12.2 Å². The van der Waals surface area contributed by atoms with E-state index in [2.05, 4.69) is 16.2 Å². The molecule has 3 N–H and O–H groups in total. The molecule has 2 aromatic carbocycles. The molecule has 0 heterocycles. The van der Waals surface area contributed by atoms with Gasteiger partial charge in [0.2, 0.25) is 0 Å². The molecule has 108 valence electrons. The minimum absolute atomic E-state index is 0.0393. The van der Waals surface area contributed by atoms with E-state index in [0.29, 0.717) is 10.8 Å². The number of nitrogens with one attached hydrogen (secondary N) is 3. The third kappa shape index (κ3) is 4.15. The summed E-state index contributed by atoms with van der Waals surface area (Å²) in [6, 6.07) is 13.8. The Hall–Kier alpha value is -2.67. The molecule has 2 aromatic rings. The van der Waals surface area contributed by atoms with Gasteiger partial charge < -0.3 is 5.32 Å². The molecular weight excluding hydrogens is 288 g/mol. The zero-order valence-electron chi connectivity index (χ0n) is 11.3. The van der Waals surface area contributed by atoms with Gasteiger partial charge in [-0.15, -0.1) is 0 Å². The first-order valence-electron chi connectivity index (χ1n) is 6.19. The first-order chi connectivity index (χ1) is 10.1. The smallest absolute Gasteiger partial charge is 0.269 e. The molecule has 0 aliphatic heterocycles. The van der Waals surface area contributed by atoms with Crippen LogP contribution < -0.4 is 16.2 Å². The molecule has 7 heteroatoms. The number of benzene rings is 2. The van der Waals surface area contributed by atoms with Crippen molar-refractivity contribution in [1.82, 2.24) is 5.43 Å². The van der Waals surface area contributed by atoms with Crippen molar-refractivity contribution in [3.63, 3.8) is 0 Å². The average Bonchev–Trinajstić information content (AvgIpc) is 2.47. The second-order valence-electron chi connectivity index (χ2n) is 4.32. The summed E-state index contributed by atoms with van der Waals surface area (Å²) in [7, 11) is 0. The lowest BCUT2D eigenvalue weighted by molar-refractivity contribution is -0.384. The first-order valence-corrected chi connectivity index (χ1v) is 6.60. The van der Waals surface area contributed by atoms with Gasteiger partial charge >= 0.3 is 0 Å². The molecule has 0 aromatic heterocycles. The van der Waals surface area contributed by atoms with E-state index < -0.39 is 4.92 Å². The third-order valence-corrected chi connectivity index (χ3v) is 3.00. The summed E-state index contributed by atoms with van der Waals surface area (Å²) < 4.78 is 0. The van der Waals surface area contributed by atoms with Crippen LogP contribution in [0.15, 0.2) is 48.5 Å². The Kier molecular flexibility index (Phi) is 4.68. The molecule has 0 amide bonds. The predicted octanol–water partition coefficient (Wildman–Crippen LogP) is 3.22. The number of hydrogen-bond acceptors (Lipinski definition) is 4. The van der Waals surface area contributed by atoms with E-state index in [1.54, 1.807) is 12.1 Å². The number of anilines is 2. The lowest BCUT2D eigenvalue weighted by atomic mass is 10.2. The fourth-order valence-corrected chi connectivity index (χ4v) is 1.83. The standard InChI is InChI=1S/C14H14N4O2S/c1-10-4-2-3-5-13(10)16-17-14(21)15-11-6-8-12(9-7-11)18(19)20/h2-9,16H,1H3,(H2,15,17,21). The van der Waals surface area contributed by atoms with Crippen LogP contribution >= 0.6 is 12.2 Å². The van der Waals surface area contributed by atoms with Crippen molar-refractivity contribution in [2.45, 2.75) is 6.92 Å². The van der Waals surface area contributed by atoms with E-state index in [9.17, 15) is 10.1 Å². The number of rotatable bonds is 4. The second-order valence-corrected chi connectivity index (χ2v) is 4.73. The molecule has 0 bridgehead atoms. The van der Waals surface area contributed by atoms with Crippen LogP contribution in [0.25, 0.3) is 0 Å². The van der Waals surface area contributed by atoms with Crippen LogP contribution in [0.5, 0.6) is 0 Å². The number of thiocarbonyl (C=S) groups is 1. The highest BCUT2D eigenvalue weighted by molar-refractivity contribution is 7.80. The lowest BCUT2D eigenvalue weighted by Gasteiger charge is -2.13. The maximum Gasteiger partial charge on any atom is 0.269 e. The Morgan fingerprint density at radius 3 is 2.43 bits per heavy atom. The predicted molar refractivity (Wildman–Crippen MR) is 87.3 cm³/mol. The van der Waals surface area contributed by atoms with Gasteiger partial charge in [0, 0.05) is 17.8 Å². The Morgan fingerprint density at radius 1 is 1.14 bits per heavy atom. The molecule has 0 aliphatic carbocycles. The van der Waals surface area contributed by atoms with Crippen molar-refractivity contribution >= 4 is 34.4 Å². The number of non-ortho nitro benzene ring substituents is 1. The molecule has 2 rings (SSSR count). The summed E-state index contributed by atoms with van der Waals surface area (Å²) in [5, 5.41) is 13.9. The number of nitrogens with zero attached hydrogens (tertiary/aromatic N) is 1. The molecule has 0 saturated carbocycles. The van der Waals surface area contributed by atoms with Crippen molar-refractivity contribution in [2.24, 2.45) is 0 Å². The summed E-state index contributed by atoms with van der Waals surface area (Å²) in [5.74, 6) is 0. The van der Waals surface area contributed by atoms with Crippen molar-refractivity contribution in [1.29, 1.82) is 0 Å². The van der Waals surface area contributed by atoms with Gasteiger partial charge in [-0.05, 0) is 42.9 Å². The summed E-state index contributed by atoms with van der Waals surface area (Å²) in [5.41, 5.74) is 8.58. The molecule has 0 unspecified atom stereocenters. The number of nitro benzene ring substituents is 1. The van der Waals surface area contributed by atoms with E-state index in [0.717, 1.165) is 11.3 Å². The van der Waals surface area contributed by atoms with Crippen LogP contribution in [0.4, 0.5) is 17.1 Å². The summed E-state index contributed by atoms with van der Waals surface area (Å²) >= 11 is 5.14. The fraction of sp³-hybridized carbons (Fsp3) is 0.0714. The number of hydrogen-bond donors (Lipinski definition) is 3. The highest BCUT2D eigenvalue weighted by atomic mass is 32.1. The molecule has 0 atom stereocenters. The van der Waals surface area contributed by atoms with Gasteiger partial charge in [-0.3, -0.25) is 21.0 Å². The van der Waals surface area contributed by atoms with Gasteiger partial charge in [-0.1, -0.05) is 18.2 Å². The first kappa shape index (κ1) is 14.7. The topological polar surface area (TPSA) is 79.2 Å². The number of nitro groups is 1.